The number of benzene rings is 1. The topological polar surface area (TPSA) is 88.5 Å². The third kappa shape index (κ3) is 2.16. The zero-order valence-corrected chi connectivity index (χ0v) is 12.0. The second kappa shape index (κ2) is 4.74. The summed E-state index contributed by atoms with van der Waals surface area (Å²) in [5.74, 6) is 0. The van der Waals surface area contributed by atoms with Crippen LogP contribution >= 0.6 is 11.9 Å². The molecule has 1 aromatic carbocycles. The van der Waals surface area contributed by atoms with E-state index in [2.05, 4.69) is 14.6 Å². The molecule has 2 aliphatic heterocycles. The van der Waals surface area contributed by atoms with Crippen molar-refractivity contribution in [2.45, 2.75) is 4.90 Å². The van der Waals surface area contributed by atoms with Gasteiger partial charge in [0.05, 0.1) is 4.90 Å². The molecule has 0 radical (unpaired) electrons. The first-order valence-corrected chi connectivity index (χ1v) is 7.36. The fourth-order valence-corrected chi connectivity index (χ4v) is 3.85. The Morgan fingerprint density at radius 3 is 2.67 bits per heavy atom. The Morgan fingerprint density at radius 2 is 1.95 bits per heavy atom. The standard InChI is InChI=1S/C13H13N5O2S/c14-13(19)17-4-8-6-18(7-9(8)5-17)21-11-3-1-2-10-12(11)16-20-15-10/h1-3H,4-7H2,(H2,14,19). The molecule has 21 heavy (non-hydrogen) atoms. The molecule has 0 saturated carbocycles. The number of rotatable bonds is 2. The Morgan fingerprint density at radius 1 is 1.19 bits per heavy atom. The Bertz CT molecular complexity index is 738. The molecule has 0 fully saturated rings. The molecule has 3 heterocycles. The average molecular weight is 303 g/mol. The number of nitrogens with zero attached hydrogens (tertiary/aromatic N) is 4. The second-order valence-corrected chi connectivity index (χ2v) is 6.32. The molecule has 0 saturated heterocycles. The lowest BCUT2D eigenvalue weighted by atomic mass is 10.2. The van der Waals surface area contributed by atoms with E-state index in [1.807, 2.05) is 18.2 Å². The van der Waals surface area contributed by atoms with Gasteiger partial charge in [0.15, 0.2) is 0 Å². The van der Waals surface area contributed by atoms with E-state index in [1.54, 1.807) is 16.8 Å². The molecule has 7 nitrogen and oxygen atoms in total. The van der Waals surface area contributed by atoms with Gasteiger partial charge in [0.2, 0.25) is 0 Å². The summed E-state index contributed by atoms with van der Waals surface area (Å²) < 4.78 is 7.04. The predicted molar refractivity (Wildman–Crippen MR) is 77.4 cm³/mol. The predicted octanol–water partition coefficient (Wildman–Crippen LogP) is 1.24. The normalized spacial score (nSPS) is 18.8. The fraction of sp³-hybridized carbons (Fsp3) is 0.308. The van der Waals surface area contributed by atoms with Crippen LogP contribution in [0.1, 0.15) is 0 Å². The SMILES string of the molecule is NC(=O)N1CC2=C(CN(Sc3cccc4nonc34)C2)C1. The van der Waals surface area contributed by atoms with Crippen LogP contribution in [0, 0.1) is 0 Å². The molecule has 2 N–H and O–H groups in total. The summed E-state index contributed by atoms with van der Waals surface area (Å²) in [5.41, 5.74) is 9.47. The van der Waals surface area contributed by atoms with E-state index in [9.17, 15) is 4.79 Å². The van der Waals surface area contributed by atoms with Crippen molar-refractivity contribution < 1.29 is 9.42 Å². The Balaban J connectivity index is 1.47. The largest absolute Gasteiger partial charge is 0.351 e. The van der Waals surface area contributed by atoms with Crippen LogP contribution in [0.5, 0.6) is 0 Å². The lowest BCUT2D eigenvalue weighted by Crippen LogP contribution is -2.36. The van der Waals surface area contributed by atoms with E-state index in [0.29, 0.717) is 13.1 Å². The average Bonchev–Trinajstić information content (AvgIpc) is 3.11. The number of urea groups is 1. The maximum absolute atomic E-state index is 11.2. The first-order valence-electron chi connectivity index (χ1n) is 6.59. The summed E-state index contributed by atoms with van der Waals surface area (Å²) in [6.45, 7) is 2.98. The third-order valence-electron chi connectivity index (χ3n) is 3.79. The van der Waals surface area contributed by atoms with E-state index in [1.165, 1.54) is 11.1 Å². The molecular formula is C13H13N5O2S. The highest BCUT2D eigenvalue weighted by Crippen LogP contribution is 2.35. The van der Waals surface area contributed by atoms with E-state index in [0.717, 1.165) is 29.0 Å². The third-order valence-corrected chi connectivity index (χ3v) is 4.83. The van der Waals surface area contributed by atoms with Gasteiger partial charge < -0.3 is 10.6 Å². The van der Waals surface area contributed by atoms with Crippen molar-refractivity contribution in [2.75, 3.05) is 26.2 Å². The van der Waals surface area contributed by atoms with Gasteiger partial charge in [-0.15, -0.1) is 0 Å². The molecule has 0 aliphatic carbocycles. The van der Waals surface area contributed by atoms with Gasteiger partial charge in [0, 0.05) is 26.2 Å². The molecule has 4 rings (SSSR count). The van der Waals surface area contributed by atoms with Gasteiger partial charge in [-0.1, -0.05) is 6.07 Å². The number of hydrogen-bond donors (Lipinski definition) is 1. The number of carbonyl (C=O) groups is 1. The van der Waals surface area contributed by atoms with E-state index < -0.39 is 0 Å². The number of aromatic nitrogens is 2. The van der Waals surface area contributed by atoms with Crippen molar-refractivity contribution in [1.82, 2.24) is 19.5 Å². The zero-order valence-electron chi connectivity index (χ0n) is 11.2. The van der Waals surface area contributed by atoms with E-state index >= 15 is 0 Å². The van der Waals surface area contributed by atoms with E-state index in [-0.39, 0.29) is 6.03 Å². The van der Waals surface area contributed by atoms with Crippen molar-refractivity contribution in [3.63, 3.8) is 0 Å². The number of fused-ring (bicyclic) bond motifs is 1. The first-order chi connectivity index (χ1) is 10.2. The van der Waals surface area contributed by atoms with Gasteiger partial charge in [0.25, 0.3) is 0 Å². The summed E-state index contributed by atoms with van der Waals surface area (Å²) in [7, 11) is 0. The number of hydrogen-bond acceptors (Lipinski definition) is 6. The number of nitrogens with two attached hydrogens (primary N) is 1. The van der Waals surface area contributed by atoms with Crippen LogP contribution in [0.4, 0.5) is 4.79 Å². The highest BCUT2D eigenvalue weighted by Gasteiger charge is 2.32. The first kappa shape index (κ1) is 12.7. The second-order valence-electron chi connectivity index (χ2n) is 5.18. The van der Waals surface area contributed by atoms with Gasteiger partial charge in [-0.25, -0.2) is 13.7 Å². The summed E-state index contributed by atoms with van der Waals surface area (Å²) in [4.78, 5) is 13.9. The van der Waals surface area contributed by atoms with Crippen molar-refractivity contribution in [3.05, 3.63) is 29.3 Å². The lowest BCUT2D eigenvalue weighted by molar-refractivity contribution is 0.218. The van der Waals surface area contributed by atoms with Gasteiger partial charge in [0.1, 0.15) is 11.0 Å². The Labute approximate surface area is 124 Å². The van der Waals surface area contributed by atoms with E-state index in [4.69, 9.17) is 10.4 Å². The molecule has 108 valence electrons. The molecular weight excluding hydrogens is 290 g/mol. The minimum Gasteiger partial charge on any atom is -0.351 e. The smallest absolute Gasteiger partial charge is 0.315 e. The summed E-state index contributed by atoms with van der Waals surface area (Å²) >= 11 is 1.65. The molecule has 0 atom stereocenters. The highest BCUT2D eigenvalue weighted by molar-refractivity contribution is 7.97. The van der Waals surface area contributed by atoms with Gasteiger partial charge in [-0.3, -0.25) is 0 Å². The van der Waals surface area contributed by atoms with Crippen LogP contribution in [0.3, 0.4) is 0 Å². The number of primary amides is 1. The quantitative estimate of drug-likeness (QED) is 0.663. The molecule has 0 spiro atoms. The fourth-order valence-electron chi connectivity index (χ4n) is 2.76. The molecule has 1 aromatic heterocycles. The molecule has 2 aliphatic rings. The molecule has 2 amide bonds. The molecule has 0 bridgehead atoms. The van der Waals surface area contributed by atoms with Gasteiger partial charge in [-0.2, -0.15) is 0 Å². The number of amides is 2. The van der Waals surface area contributed by atoms with Crippen molar-refractivity contribution in [1.29, 1.82) is 0 Å². The molecule has 8 heteroatoms. The maximum Gasteiger partial charge on any atom is 0.315 e. The summed E-state index contributed by atoms with van der Waals surface area (Å²) in [6.07, 6.45) is 0. The number of carbonyl (C=O) groups excluding carboxylic acids is 1. The Kier molecular flexibility index (Phi) is 2.86. The van der Waals surface area contributed by atoms with Crippen molar-refractivity contribution in [2.24, 2.45) is 5.73 Å². The van der Waals surface area contributed by atoms with Crippen LogP contribution in [-0.2, 0) is 0 Å². The van der Waals surface area contributed by atoms with Crippen LogP contribution in [0.15, 0.2) is 38.9 Å². The van der Waals surface area contributed by atoms with Crippen LogP contribution < -0.4 is 5.73 Å². The minimum atomic E-state index is -0.345. The van der Waals surface area contributed by atoms with Crippen LogP contribution in [0.2, 0.25) is 0 Å². The van der Waals surface area contributed by atoms with Crippen molar-refractivity contribution >= 4 is 29.0 Å². The summed E-state index contributed by atoms with van der Waals surface area (Å²) in [6, 6.07) is 5.49. The Hall–Kier alpha value is -2.06. The zero-order chi connectivity index (χ0) is 14.4. The molecule has 0 unspecified atom stereocenters. The van der Waals surface area contributed by atoms with Gasteiger partial charge in [-0.05, 0) is 45.5 Å². The lowest BCUT2D eigenvalue weighted by Gasteiger charge is -2.20. The van der Waals surface area contributed by atoms with Gasteiger partial charge >= 0.3 is 6.03 Å². The highest BCUT2D eigenvalue weighted by atomic mass is 32.2. The summed E-state index contributed by atoms with van der Waals surface area (Å²) in [5, 5.41) is 7.81. The van der Waals surface area contributed by atoms with Crippen molar-refractivity contribution in [3.8, 4) is 0 Å². The molecule has 2 aromatic rings. The maximum atomic E-state index is 11.2. The van der Waals surface area contributed by atoms with Crippen LogP contribution in [-0.4, -0.2) is 51.7 Å². The monoisotopic (exact) mass is 303 g/mol. The van der Waals surface area contributed by atoms with Crippen LogP contribution in [0.25, 0.3) is 11.0 Å². The minimum absolute atomic E-state index is 0.345.